The molecule has 1 aromatic heterocycles. The van der Waals surface area contributed by atoms with Crippen molar-refractivity contribution in [1.82, 2.24) is 15.4 Å². The summed E-state index contributed by atoms with van der Waals surface area (Å²) in [7, 11) is 0. The fourth-order valence-corrected chi connectivity index (χ4v) is 3.61. The van der Waals surface area contributed by atoms with Gasteiger partial charge in [-0.15, -0.1) is 0 Å². The Kier molecular flexibility index (Phi) is 10.1. The maximum absolute atomic E-state index is 12.1. The Hall–Kier alpha value is -1.49. The molecule has 2 atom stereocenters. The van der Waals surface area contributed by atoms with Crippen molar-refractivity contribution in [3.63, 3.8) is 0 Å². The molecule has 1 aromatic carbocycles. The minimum absolute atomic E-state index is 0.0136. The van der Waals surface area contributed by atoms with Crippen molar-refractivity contribution in [2.75, 3.05) is 19.6 Å². The molecule has 0 radical (unpaired) electrons. The Bertz CT molecular complexity index is 714. The summed E-state index contributed by atoms with van der Waals surface area (Å²) < 4.78 is 21.1. The number of rotatable bonds is 6. The zero-order chi connectivity index (χ0) is 21.2. The minimum atomic E-state index is -0.157. The molecule has 0 bridgehead atoms. The van der Waals surface area contributed by atoms with E-state index in [0.29, 0.717) is 34.3 Å². The lowest BCUT2D eigenvalue weighted by atomic mass is 10.1. The van der Waals surface area contributed by atoms with E-state index in [9.17, 15) is 4.53 Å². The normalized spacial score (nSPS) is 18.8. The predicted octanol–water partition coefficient (Wildman–Crippen LogP) is 4.00. The predicted molar refractivity (Wildman–Crippen MR) is 114 cm³/mol. The van der Waals surface area contributed by atoms with E-state index in [1.54, 1.807) is 24.4 Å². The van der Waals surface area contributed by atoms with Crippen LogP contribution in [0.4, 0.5) is 4.53 Å². The van der Waals surface area contributed by atoms with E-state index in [2.05, 4.69) is 36.0 Å². The topological polar surface area (TPSA) is 92.9 Å². The molecular weight excluding hydrogens is 395 g/mol. The van der Waals surface area contributed by atoms with Gasteiger partial charge >= 0.3 is 0 Å². The van der Waals surface area contributed by atoms with Crippen LogP contribution in [0.15, 0.2) is 35.5 Å². The Morgan fingerprint density at radius 1 is 1.41 bits per heavy atom. The highest BCUT2D eigenvalue weighted by Gasteiger charge is 2.17. The van der Waals surface area contributed by atoms with Gasteiger partial charge in [-0.05, 0) is 38.3 Å². The molecule has 1 saturated heterocycles. The molecule has 7 nitrogen and oxygen atoms in total. The molecule has 3 rings (SSSR count). The van der Waals surface area contributed by atoms with E-state index < -0.39 is 0 Å². The summed E-state index contributed by atoms with van der Waals surface area (Å²) in [6.07, 6.45) is 4.73. The fraction of sp³-hybridized carbons (Fsp3) is 0.550. The third-order valence-corrected chi connectivity index (χ3v) is 4.97. The van der Waals surface area contributed by atoms with Crippen LogP contribution in [0.25, 0.3) is 10.8 Å². The number of halogens is 1. The Morgan fingerprint density at radius 3 is 2.90 bits per heavy atom. The molecule has 1 aliphatic rings. The second kappa shape index (κ2) is 12.3. The van der Waals surface area contributed by atoms with Gasteiger partial charge in [-0.2, -0.15) is 5.06 Å². The summed E-state index contributed by atoms with van der Waals surface area (Å²) in [5.74, 6) is 0.599. The second-order valence-corrected chi connectivity index (χ2v) is 8.15. The first-order valence-electron chi connectivity index (χ1n) is 9.82. The molecule has 9 heteroatoms. The summed E-state index contributed by atoms with van der Waals surface area (Å²) in [5.41, 5.74) is 5.92. The molecule has 0 saturated carbocycles. The number of nitrogens with zero attached hydrogens (tertiary/aromatic N) is 2. The third-order valence-electron chi connectivity index (χ3n) is 4.43. The van der Waals surface area contributed by atoms with Crippen LogP contribution in [-0.2, 0) is 4.84 Å². The Morgan fingerprint density at radius 2 is 2.21 bits per heavy atom. The number of hydrogen-bond donors (Lipinski definition) is 3. The number of fused-ring (bicyclic) bond motifs is 1. The molecule has 2 heterocycles. The second-order valence-electron chi connectivity index (χ2n) is 7.53. The number of hydroxylamine groups is 2. The molecule has 0 spiro atoms. The van der Waals surface area contributed by atoms with Gasteiger partial charge in [-0.25, -0.2) is 0 Å². The van der Waals surface area contributed by atoms with E-state index in [-0.39, 0.29) is 12.0 Å². The van der Waals surface area contributed by atoms with E-state index in [4.69, 9.17) is 15.1 Å². The molecule has 1 aliphatic heterocycles. The Balaban J connectivity index is 0.000000207. The first kappa shape index (κ1) is 23.8. The van der Waals surface area contributed by atoms with Crippen LogP contribution in [0.5, 0.6) is 5.75 Å². The van der Waals surface area contributed by atoms with Gasteiger partial charge in [-0.1, -0.05) is 26.0 Å². The molecule has 0 aliphatic carbocycles. The number of aromatic nitrogens is 1. The standard InChI is InChI=1S/C11H25N3O.C9H6FNO2S/c1-9(2)7-11(12)15-14-6-4-5-13-10(3)8-14;10-13-7-5-11-4-6-2-1-3-8(14-12)9(6)7/h9-11,13H,4-8,12H2,1-3H3;1-5,12H. The largest absolute Gasteiger partial charge is 0.325 e. The van der Waals surface area contributed by atoms with Crippen LogP contribution in [0.3, 0.4) is 0 Å². The van der Waals surface area contributed by atoms with Crippen molar-refractivity contribution in [1.29, 1.82) is 0 Å². The number of benzene rings is 1. The van der Waals surface area contributed by atoms with E-state index >= 15 is 0 Å². The highest BCUT2D eigenvalue weighted by Crippen LogP contribution is 2.32. The lowest BCUT2D eigenvalue weighted by molar-refractivity contribution is -0.199. The monoisotopic (exact) mass is 426 g/mol. The maximum Gasteiger partial charge on any atom is 0.199 e. The van der Waals surface area contributed by atoms with Crippen LogP contribution in [0.2, 0.25) is 0 Å². The van der Waals surface area contributed by atoms with Crippen molar-refractivity contribution < 1.29 is 18.9 Å². The molecule has 29 heavy (non-hydrogen) atoms. The summed E-state index contributed by atoms with van der Waals surface area (Å²) in [6.45, 7) is 9.47. The molecule has 2 aromatic rings. The summed E-state index contributed by atoms with van der Waals surface area (Å²) in [6, 6.07) is 5.68. The van der Waals surface area contributed by atoms with Gasteiger partial charge < -0.3 is 15.6 Å². The van der Waals surface area contributed by atoms with Crippen molar-refractivity contribution >= 4 is 22.8 Å². The highest BCUT2D eigenvalue weighted by atomic mass is 32.2. The van der Waals surface area contributed by atoms with Gasteiger partial charge in [0.15, 0.2) is 5.75 Å². The zero-order valence-electron chi connectivity index (χ0n) is 17.2. The van der Waals surface area contributed by atoms with Crippen molar-refractivity contribution in [3.05, 3.63) is 30.6 Å². The van der Waals surface area contributed by atoms with Gasteiger partial charge in [0.1, 0.15) is 6.23 Å². The van der Waals surface area contributed by atoms with Gasteiger partial charge in [0.25, 0.3) is 0 Å². The van der Waals surface area contributed by atoms with Gasteiger partial charge in [0, 0.05) is 57.6 Å². The van der Waals surface area contributed by atoms with Crippen molar-refractivity contribution in [2.45, 2.75) is 50.8 Å². The van der Waals surface area contributed by atoms with Crippen molar-refractivity contribution in [3.8, 4) is 5.75 Å². The van der Waals surface area contributed by atoms with Gasteiger partial charge in [0.05, 0.1) is 6.20 Å². The highest BCUT2D eigenvalue weighted by molar-refractivity contribution is 7.94. The number of pyridine rings is 1. The summed E-state index contributed by atoms with van der Waals surface area (Å²) in [5, 5.41) is 6.68. The average Bonchev–Trinajstić information content (AvgIpc) is 2.90. The fourth-order valence-electron chi connectivity index (χ4n) is 3.16. The van der Waals surface area contributed by atoms with E-state index in [0.717, 1.165) is 37.9 Å². The molecular formula is C20H31FN4O3S. The molecule has 4 N–H and O–H groups in total. The van der Waals surface area contributed by atoms with Crippen molar-refractivity contribution in [2.24, 2.45) is 11.7 Å². The van der Waals surface area contributed by atoms with Crippen LogP contribution in [0, 0.1) is 5.92 Å². The lowest BCUT2D eigenvalue weighted by Crippen LogP contribution is -2.40. The summed E-state index contributed by atoms with van der Waals surface area (Å²) in [4.78, 5) is 13.7. The van der Waals surface area contributed by atoms with Crippen LogP contribution in [-0.4, -0.2) is 46.5 Å². The molecule has 1 fully saturated rings. The first-order chi connectivity index (χ1) is 13.9. The minimum Gasteiger partial charge on any atom is -0.325 e. The maximum atomic E-state index is 12.1. The molecule has 2 unspecified atom stereocenters. The quantitative estimate of drug-likeness (QED) is 0.472. The van der Waals surface area contributed by atoms with Crippen LogP contribution >= 0.6 is 12.0 Å². The lowest BCUT2D eigenvalue weighted by Gasteiger charge is -2.26. The zero-order valence-corrected chi connectivity index (χ0v) is 18.0. The van der Waals surface area contributed by atoms with Gasteiger partial charge in [0.2, 0.25) is 0 Å². The van der Waals surface area contributed by atoms with Crippen LogP contribution in [0.1, 0.15) is 33.6 Å². The van der Waals surface area contributed by atoms with E-state index in [1.165, 1.54) is 6.20 Å². The molecule has 0 amide bonds. The third kappa shape index (κ3) is 7.69. The van der Waals surface area contributed by atoms with Gasteiger partial charge in [-0.3, -0.25) is 14.8 Å². The number of nitrogens with two attached hydrogens (primary N) is 1. The average molecular weight is 427 g/mol. The number of hydrogen-bond acceptors (Lipinski definition) is 8. The first-order valence-corrected chi connectivity index (χ1v) is 10.6. The van der Waals surface area contributed by atoms with Crippen LogP contribution < -0.4 is 16.0 Å². The van der Waals surface area contributed by atoms with E-state index in [1.807, 2.05) is 5.06 Å². The smallest absolute Gasteiger partial charge is 0.199 e. The Labute approximate surface area is 175 Å². The molecule has 162 valence electrons. The SMILES string of the molecule is CC(C)CC(N)ON1CCCNC(C)C1.OSc1cccc2cncc(OF)c12. The summed E-state index contributed by atoms with van der Waals surface area (Å²) >= 11 is 0.553. The number of nitrogens with one attached hydrogen (secondary N) is 1.